The summed E-state index contributed by atoms with van der Waals surface area (Å²) in [6.07, 6.45) is 2.08. The fraction of sp³-hybridized carbons (Fsp3) is 0.364. The molecule has 2 aromatic carbocycles. The van der Waals surface area contributed by atoms with Crippen LogP contribution in [-0.4, -0.2) is 19.0 Å². The quantitative estimate of drug-likeness (QED) is 0.611. The van der Waals surface area contributed by atoms with Crippen molar-refractivity contribution < 1.29 is 8.42 Å². The van der Waals surface area contributed by atoms with Crippen molar-refractivity contribution in [1.82, 2.24) is 9.29 Å². The lowest BCUT2D eigenvalue weighted by atomic mass is 10.1. The Balaban J connectivity index is 1.95. The smallest absolute Gasteiger partial charge is 0.243 e. The van der Waals surface area contributed by atoms with Crippen molar-refractivity contribution in [1.29, 1.82) is 0 Å². The van der Waals surface area contributed by atoms with Gasteiger partial charge in [-0.15, -0.1) is 0 Å². The Bertz CT molecular complexity index is 1090. The predicted octanol–water partition coefficient (Wildman–Crippen LogP) is 4.15. The molecule has 150 valence electrons. The van der Waals surface area contributed by atoms with E-state index >= 15 is 0 Å². The van der Waals surface area contributed by atoms with E-state index in [-0.39, 0.29) is 22.5 Å². The number of aromatic nitrogens is 1. The lowest BCUT2D eigenvalue weighted by Gasteiger charge is -2.24. The topological polar surface area (TPSA) is 77.1 Å². The average molecular weight is 400 g/mol. The maximum Gasteiger partial charge on any atom is 0.243 e. The first kappa shape index (κ1) is 20.4. The van der Waals surface area contributed by atoms with Gasteiger partial charge in [0.2, 0.25) is 10.0 Å². The highest BCUT2D eigenvalue weighted by molar-refractivity contribution is 7.89. The van der Waals surface area contributed by atoms with Gasteiger partial charge in [0.05, 0.1) is 5.69 Å². The zero-order valence-electron chi connectivity index (χ0n) is 17.2. The number of fused-ring (bicyclic) bond motifs is 1. The van der Waals surface area contributed by atoms with Gasteiger partial charge < -0.3 is 10.3 Å². The number of nitrogens with two attached hydrogens (primary N) is 1. The molecule has 1 heterocycles. The third-order valence-electron chi connectivity index (χ3n) is 5.21. The Hall–Kier alpha value is -2.31. The molecule has 0 saturated carbocycles. The molecule has 0 aliphatic carbocycles. The summed E-state index contributed by atoms with van der Waals surface area (Å²) in [6.45, 7) is 10.4. The van der Waals surface area contributed by atoms with Crippen LogP contribution in [0.3, 0.4) is 0 Å². The van der Waals surface area contributed by atoms with Crippen molar-refractivity contribution >= 4 is 26.6 Å². The maximum absolute atomic E-state index is 13.2. The van der Waals surface area contributed by atoms with Crippen molar-refractivity contribution in [2.75, 3.05) is 5.73 Å². The number of hydrogen-bond acceptors (Lipinski definition) is 3. The Labute approximate surface area is 167 Å². The zero-order chi connectivity index (χ0) is 20.6. The third kappa shape index (κ3) is 3.93. The van der Waals surface area contributed by atoms with Gasteiger partial charge in [-0.05, 0) is 55.5 Å². The molecule has 0 saturated heterocycles. The van der Waals surface area contributed by atoms with Crippen LogP contribution in [0, 0.1) is 26.7 Å². The molecule has 3 N–H and O–H groups in total. The highest BCUT2D eigenvalue weighted by Gasteiger charge is 2.26. The maximum atomic E-state index is 13.2. The fourth-order valence-corrected chi connectivity index (χ4v) is 5.51. The van der Waals surface area contributed by atoms with Crippen LogP contribution in [-0.2, 0) is 16.6 Å². The van der Waals surface area contributed by atoms with Crippen molar-refractivity contribution in [3.63, 3.8) is 0 Å². The minimum Gasteiger partial charge on any atom is -0.398 e. The molecule has 6 heteroatoms. The van der Waals surface area contributed by atoms with Crippen molar-refractivity contribution in [3.05, 3.63) is 59.3 Å². The minimum absolute atomic E-state index is 0.114. The van der Waals surface area contributed by atoms with E-state index in [1.54, 1.807) is 13.0 Å². The number of anilines is 1. The predicted molar refractivity (Wildman–Crippen MR) is 116 cm³/mol. The number of nitrogen functional groups attached to an aromatic ring is 1. The van der Waals surface area contributed by atoms with E-state index in [2.05, 4.69) is 34.5 Å². The molecule has 0 radical (unpaired) electrons. The Kier molecular flexibility index (Phi) is 5.55. The molecule has 1 atom stereocenters. The normalized spacial score (nSPS) is 13.4. The number of benzene rings is 2. The van der Waals surface area contributed by atoms with Gasteiger partial charge in [0.25, 0.3) is 0 Å². The van der Waals surface area contributed by atoms with Crippen molar-refractivity contribution in [2.45, 2.75) is 52.1 Å². The van der Waals surface area contributed by atoms with Crippen LogP contribution in [0.15, 0.2) is 47.5 Å². The second kappa shape index (κ2) is 7.60. The van der Waals surface area contributed by atoms with E-state index in [1.807, 2.05) is 39.0 Å². The summed E-state index contributed by atoms with van der Waals surface area (Å²) in [7, 11) is -3.74. The highest BCUT2D eigenvalue weighted by Crippen LogP contribution is 2.26. The van der Waals surface area contributed by atoms with Crippen LogP contribution >= 0.6 is 0 Å². The Morgan fingerprint density at radius 1 is 1.07 bits per heavy atom. The number of para-hydroxylation sites is 1. The fourth-order valence-electron chi connectivity index (χ4n) is 3.79. The van der Waals surface area contributed by atoms with Gasteiger partial charge in [0.1, 0.15) is 4.90 Å². The molecule has 5 nitrogen and oxygen atoms in total. The average Bonchev–Trinajstić information content (AvgIpc) is 2.89. The molecule has 0 amide bonds. The number of rotatable bonds is 6. The van der Waals surface area contributed by atoms with E-state index in [9.17, 15) is 8.42 Å². The Morgan fingerprint density at radius 2 is 1.75 bits per heavy atom. The SMILES string of the molecule is Cc1cc(C)c(S(=O)(=O)N[C@H](Cn2cc(C)c3ccccc32)C(C)C)c(N)c1. The minimum atomic E-state index is -3.74. The van der Waals surface area contributed by atoms with Gasteiger partial charge in [-0.1, -0.05) is 38.1 Å². The number of sulfonamides is 1. The van der Waals surface area contributed by atoms with Gasteiger partial charge >= 0.3 is 0 Å². The highest BCUT2D eigenvalue weighted by atomic mass is 32.2. The first-order valence-electron chi connectivity index (χ1n) is 9.53. The molecule has 3 aromatic rings. The third-order valence-corrected chi connectivity index (χ3v) is 6.92. The summed E-state index contributed by atoms with van der Waals surface area (Å²) >= 11 is 0. The van der Waals surface area contributed by atoms with E-state index in [1.165, 1.54) is 10.9 Å². The van der Waals surface area contributed by atoms with Gasteiger partial charge in [0, 0.05) is 29.7 Å². The largest absolute Gasteiger partial charge is 0.398 e. The summed E-state index contributed by atoms with van der Waals surface area (Å²) in [5, 5.41) is 1.19. The molecule has 0 aliphatic rings. The van der Waals surface area contributed by atoms with Crippen LogP contribution in [0.1, 0.15) is 30.5 Å². The van der Waals surface area contributed by atoms with Crippen LogP contribution in [0.4, 0.5) is 5.69 Å². The van der Waals surface area contributed by atoms with Crippen molar-refractivity contribution in [2.24, 2.45) is 5.92 Å². The number of nitrogens with one attached hydrogen (secondary N) is 1. The molecule has 0 fully saturated rings. The molecule has 0 spiro atoms. The second-order valence-corrected chi connectivity index (χ2v) is 9.60. The summed E-state index contributed by atoms with van der Waals surface area (Å²) in [5.74, 6) is 0.114. The molecule has 0 bridgehead atoms. The first-order chi connectivity index (χ1) is 13.1. The van der Waals surface area contributed by atoms with Crippen LogP contribution in [0.2, 0.25) is 0 Å². The summed E-state index contributed by atoms with van der Waals surface area (Å²) in [6, 6.07) is 11.5. The molecule has 0 aliphatic heterocycles. The van der Waals surface area contributed by atoms with Crippen LogP contribution in [0.25, 0.3) is 10.9 Å². The summed E-state index contributed by atoms with van der Waals surface area (Å²) < 4.78 is 31.3. The Morgan fingerprint density at radius 3 is 2.39 bits per heavy atom. The van der Waals surface area contributed by atoms with Gasteiger partial charge in [-0.25, -0.2) is 13.1 Å². The second-order valence-electron chi connectivity index (χ2n) is 7.95. The summed E-state index contributed by atoms with van der Waals surface area (Å²) in [5.41, 5.74) is 10.3. The van der Waals surface area contributed by atoms with Gasteiger partial charge in [0.15, 0.2) is 0 Å². The number of aryl methyl sites for hydroxylation is 3. The van der Waals surface area contributed by atoms with Crippen molar-refractivity contribution in [3.8, 4) is 0 Å². The lowest BCUT2D eigenvalue weighted by Crippen LogP contribution is -2.41. The van der Waals surface area contributed by atoms with Gasteiger partial charge in [-0.2, -0.15) is 0 Å². The van der Waals surface area contributed by atoms with Gasteiger partial charge in [-0.3, -0.25) is 0 Å². The van der Waals surface area contributed by atoms with E-state index < -0.39 is 10.0 Å². The monoisotopic (exact) mass is 399 g/mol. The molecule has 0 unspecified atom stereocenters. The van der Waals surface area contributed by atoms with E-state index in [4.69, 9.17) is 5.73 Å². The standard InChI is InChI=1S/C22H29N3O2S/c1-14(2)20(13-25-12-17(5)18-8-6-7-9-21(18)25)24-28(26,27)22-16(4)10-15(3)11-19(22)23/h6-12,14,20,24H,13,23H2,1-5H3/t20-/m1/s1. The molecule has 1 aromatic heterocycles. The molecular formula is C22H29N3O2S. The first-order valence-corrected chi connectivity index (χ1v) is 11.0. The van der Waals surface area contributed by atoms with E-state index in [0.717, 1.165) is 11.1 Å². The van der Waals surface area contributed by atoms with E-state index in [0.29, 0.717) is 12.1 Å². The number of hydrogen-bond donors (Lipinski definition) is 2. The molecular weight excluding hydrogens is 370 g/mol. The van der Waals surface area contributed by atoms with Crippen LogP contribution < -0.4 is 10.5 Å². The zero-order valence-corrected chi connectivity index (χ0v) is 18.0. The number of nitrogens with zero attached hydrogens (tertiary/aromatic N) is 1. The van der Waals surface area contributed by atoms with Crippen LogP contribution in [0.5, 0.6) is 0 Å². The lowest BCUT2D eigenvalue weighted by molar-refractivity contribution is 0.403. The summed E-state index contributed by atoms with van der Waals surface area (Å²) in [4.78, 5) is 0.178. The molecule has 3 rings (SSSR count). The molecule has 28 heavy (non-hydrogen) atoms.